The molecule has 8 nitrogen and oxygen atoms in total. The van der Waals surface area contributed by atoms with E-state index in [9.17, 15) is 9.59 Å². The van der Waals surface area contributed by atoms with Crippen LogP contribution in [0.15, 0.2) is 22.6 Å². The average Bonchev–Trinajstić information content (AvgIpc) is 3.09. The number of oxazole rings is 1. The number of hydrogen-bond acceptors (Lipinski definition) is 5. The van der Waals surface area contributed by atoms with Gasteiger partial charge in [-0.25, -0.2) is 9.78 Å². The minimum atomic E-state index is -0.238. The Morgan fingerprint density at radius 2 is 1.80 bits per heavy atom. The molecule has 2 heterocycles. The van der Waals surface area contributed by atoms with Gasteiger partial charge in [-0.3, -0.25) is 9.69 Å². The minimum absolute atomic E-state index is 0.0103. The maximum absolute atomic E-state index is 12.6. The lowest BCUT2D eigenvalue weighted by Crippen LogP contribution is -2.54. The molecule has 3 amide bonds. The number of urea groups is 1. The molecule has 1 N–H and O–H groups in total. The lowest BCUT2D eigenvalue weighted by molar-refractivity contribution is 0.0773. The molecule has 1 aliphatic rings. The first kappa shape index (κ1) is 22.1. The second-order valence-corrected chi connectivity index (χ2v) is 8.71. The van der Waals surface area contributed by atoms with Crippen molar-refractivity contribution >= 4 is 23.0 Å². The first-order chi connectivity index (χ1) is 14.2. The summed E-state index contributed by atoms with van der Waals surface area (Å²) in [4.78, 5) is 35.3. The van der Waals surface area contributed by atoms with Crippen molar-refractivity contribution < 1.29 is 14.0 Å². The fraction of sp³-hybridized carbons (Fsp3) is 0.591. The summed E-state index contributed by atoms with van der Waals surface area (Å²) in [5.41, 5.74) is 1.78. The highest BCUT2D eigenvalue weighted by atomic mass is 16.3. The predicted octanol–water partition coefficient (Wildman–Crippen LogP) is 2.94. The summed E-state index contributed by atoms with van der Waals surface area (Å²) < 4.78 is 5.89. The Morgan fingerprint density at radius 3 is 2.40 bits per heavy atom. The molecular weight excluding hydrogens is 382 g/mol. The summed E-state index contributed by atoms with van der Waals surface area (Å²) in [5, 5.41) is 3.01. The first-order valence-electron chi connectivity index (χ1n) is 10.7. The predicted molar refractivity (Wildman–Crippen MR) is 116 cm³/mol. The molecule has 0 aliphatic carbocycles. The second kappa shape index (κ2) is 9.04. The summed E-state index contributed by atoms with van der Waals surface area (Å²) in [6.45, 7) is 14.7. The van der Waals surface area contributed by atoms with E-state index in [0.29, 0.717) is 55.3 Å². The number of carbonyl (C=O) groups excluding carboxylic acids is 2. The molecule has 164 valence electrons. The van der Waals surface area contributed by atoms with Crippen LogP contribution < -0.4 is 5.32 Å². The van der Waals surface area contributed by atoms with Gasteiger partial charge < -0.3 is 19.5 Å². The monoisotopic (exact) mass is 415 g/mol. The van der Waals surface area contributed by atoms with Gasteiger partial charge in [0.15, 0.2) is 5.58 Å². The normalized spacial score (nSPS) is 15.4. The number of aromatic nitrogens is 1. The summed E-state index contributed by atoms with van der Waals surface area (Å²) >= 11 is 0. The average molecular weight is 416 g/mol. The third-order valence-electron chi connectivity index (χ3n) is 5.23. The van der Waals surface area contributed by atoms with E-state index in [0.717, 1.165) is 13.1 Å². The molecule has 0 bridgehead atoms. The zero-order chi connectivity index (χ0) is 21.9. The van der Waals surface area contributed by atoms with Gasteiger partial charge in [-0.2, -0.15) is 0 Å². The van der Waals surface area contributed by atoms with Crippen LogP contribution in [0, 0.1) is 0 Å². The number of fused-ring (bicyclic) bond motifs is 1. The highest BCUT2D eigenvalue weighted by Gasteiger charge is 2.25. The van der Waals surface area contributed by atoms with Crippen LogP contribution in [-0.4, -0.2) is 76.4 Å². The summed E-state index contributed by atoms with van der Waals surface area (Å²) in [6.07, 6.45) is 0. The fourth-order valence-electron chi connectivity index (χ4n) is 3.57. The van der Waals surface area contributed by atoms with Crippen LogP contribution in [-0.2, 0) is 6.54 Å². The Bertz CT molecular complexity index is 890. The van der Waals surface area contributed by atoms with Crippen molar-refractivity contribution in [2.45, 2.75) is 46.7 Å². The third-order valence-corrected chi connectivity index (χ3v) is 5.23. The third kappa shape index (κ3) is 5.30. The molecule has 1 fully saturated rings. The number of carbonyl (C=O) groups is 2. The Kier molecular flexibility index (Phi) is 6.65. The van der Waals surface area contributed by atoms with E-state index in [1.165, 1.54) is 0 Å². The Hall–Kier alpha value is -2.61. The van der Waals surface area contributed by atoms with Crippen LogP contribution in [0.1, 0.15) is 50.9 Å². The highest BCUT2D eigenvalue weighted by molar-refractivity contribution is 5.97. The highest BCUT2D eigenvalue weighted by Crippen LogP contribution is 2.20. The topological polar surface area (TPSA) is 81.9 Å². The first-order valence-corrected chi connectivity index (χ1v) is 10.7. The number of amides is 3. The molecule has 1 aliphatic heterocycles. The smallest absolute Gasteiger partial charge is 0.317 e. The van der Waals surface area contributed by atoms with E-state index >= 15 is 0 Å². The van der Waals surface area contributed by atoms with Gasteiger partial charge >= 0.3 is 6.03 Å². The van der Waals surface area contributed by atoms with Crippen molar-refractivity contribution in [1.29, 1.82) is 0 Å². The van der Waals surface area contributed by atoms with Crippen LogP contribution in [0.5, 0.6) is 0 Å². The standard InChI is InChI=1S/C22H33N5O3/c1-6-26(7-2)20(28)16-8-9-18-17(14-16)23-19(30-18)15-25-10-12-27(13-11-25)21(29)24-22(3,4)5/h8-9,14H,6-7,10-13,15H2,1-5H3,(H,24,29). The molecule has 1 aromatic heterocycles. The molecule has 2 aromatic rings. The van der Waals surface area contributed by atoms with E-state index in [-0.39, 0.29) is 17.5 Å². The summed E-state index contributed by atoms with van der Waals surface area (Å²) in [6, 6.07) is 5.40. The molecular formula is C22H33N5O3. The lowest BCUT2D eigenvalue weighted by Gasteiger charge is -2.35. The SMILES string of the molecule is CCN(CC)C(=O)c1ccc2oc(CN3CCN(C(=O)NC(C)(C)C)CC3)nc2c1. The van der Waals surface area contributed by atoms with Crippen molar-refractivity contribution in [2.24, 2.45) is 0 Å². The molecule has 1 saturated heterocycles. The number of benzene rings is 1. The van der Waals surface area contributed by atoms with Crippen molar-refractivity contribution in [3.05, 3.63) is 29.7 Å². The van der Waals surface area contributed by atoms with Gasteiger partial charge in [0, 0.05) is 50.4 Å². The van der Waals surface area contributed by atoms with Crippen LogP contribution in [0.25, 0.3) is 11.1 Å². The number of rotatable bonds is 5. The summed E-state index contributed by atoms with van der Waals surface area (Å²) in [5.74, 6) is 0.640. The van der Waals surface area contributed by atoms with Gasteiger partial charge in [0.2, 0.25) is 5.89 Å². The maximum atomic E-state index is 12.6. The quantitative estimate of drug-likeness (QED) is 0.812. The molecule has 0 radical (unpaired) electrons. The number of nitrogens with one attached hydrogen (secondary N) is 1. The van der Waals surface area contributed by atoms with Crippen LogP contribution in [0.4, 0.5) is 4.79 Å². The summed E-state index contributed by atoms with van der Waals surface area (Å²) in [7, 11) is 0. The van der Waals surface area contributed by atoms with E-state index in [4.69, 9.17) is 4.42 Å². The number of piperazine rings is 1. The van der Waals surface area contributed by atoms with E-state index in [1.807, 2.05) is 45.6 Å². The van der Waals surface area contributed by atoms with Crippen LogP contribution in [0.2, 0.25) is 0 Å². The fourth-order valence-corrected chi connectivity index (χ4v) is 3.57. The molecule has 0 saturated carbocycles. The van der Waals surface area contributed by atoms with Gasteiger partial charge in [-0.05, 0) is 52.8 Å². The molecule has 0 spiro atoms. The van der Waals surface area contributed by atoms with Crippen LogP contribution in [0.3, 0.4) is 0 Å². The van der Waals surface area contributed by atoms with Gasteiger partial charge in [0.1, 0.15) is 5.52 Å². The molecule has 0 unspecified atom stereocenters. The molecule has 3 rings (SSSR count). The minimum Gasteiger partial charge on any atom is -0.439 e. The Labute approximate surface area is 178 Å². The Morgan fingerprint density at radius 1 is 1.13 bits per heavy atom. The van der Waals surface area contributed by atoms with Crippen molar-refractivity contribution in [3.8, 4) is 0 Å². The van der Waals surface area contributed by atoms with Gasteiger partial charge in [0.05, 0.1) is 6.54 Å². The lowest BCUT2D eigenvalue weighted by atomic mass is 10.1. The van der Waals surface area contributed by atoms with Gasteiger partial charge in [-0.1, -0.05) is 0 Å². The second-order valence-electron chi connectivity index (χ2n) is 8.71. The zero-order valence-electron chi connectivity index (χ0n) is 18.7. The van der Waals surface area contributed by atoms with E-state index in [2.05, 4.69) is 15.2 Å². The van der Waals surface area contributed by atoms with Crippen molar-refractivity contribution in [3.63, 3.8) is 0 Å². The number of hydrogen-bond donors (Lipinski definition) is 1. The van der Waals surface area contributed by atoms with Gasteiger partial charge in [-0.15, -0.1) is 0 Å². The largest absolute Gasteiger partial charge is 0.439 e. The number of nitrogens with zero attached hydrogens (tertiary/aromatic N) is 4. The van der Waals surface area contributed by atoms with Crippen molar-refractivity contribution in [1.82, 2.24) is 25.0 Å². The molecule has 30 heavy (non-hydrogen) atoms. The Balaban J connectivity index is 1.61. The van der Waals surface area contributed by atoms with Crippen molar-refractivity contribution in [2.75, 3.05) is 39.3 Å². The van der Waals surface area contributed by atoms with Crippen LogP contribution >= 0.6 is 0 Å². The van der Waals surface area contributed by atoms with Gasteiger partial charge in [0.25, 0.3) is 5.91 Å². The molecule has 8 heteroatoms. The van der Waals surface area contributed by atoms with E-state index in [1.54, 1.807) is 17.0 Å². The zero-order valence-corrected chi connectivity index (χ0v) is 18.7. The molecule has 0 atom stereocenters. The molecule has 1 aromatic carbocycles. The van der Waals surface area contributed by atoms with E-state index < -0.39 is 0 Å². The maximum Gasteiger partial charge on any atom is 0.317 e.